The maximum Gasteiger partial charge on any atom is 0.227 e. The molecule has 1 aliphatic heterocycles. The minimum absolute atomic E-state index is 0.0778. The van der Waals surface area contributed by atoms with Crippen LogP contribution in [0, 0.1) is 5.92 Å². The maximum atomic E-state index is 12.8. The smallest absolute Gasteiger partial charge is 0.227 e. The van der Waals surface area contributed by atoms with Crippen molar-refractivity contribution >= 4 is 23.7 Å². The van der Waals surface area contributed by atoms with E-state index >= 15 is 0 Å². The predicted molar refractivity (Wildman–Crippen MR) is 104 cm³/mol. The van der Waals surface area contributed by atoms with Gasteiger partial charge in [0, 0.05) is 19.2 Å². The monoisotopic (exact) mass is 364 g/mol. The SMILES string of the molecule is CC(=O)N1C=Cc2ccccc2C1CC(=O)Nc1ccnn1C(C)C1CC1. The number of nitrogens with one attached hydrogen (secondary N) is 1. The van der Waals surface area contributed by atoms with Gasteiger partial charge in [0.25, 0.3) is 0 Å². The second-order valence-electron chi connectivity index (χ2n) is 7.38. The fourth-order valence-corrected chi connectivity index (χ4v) is 3.80. The highest BCUT2D eigenvalue weighted by molar-refractivity contribution is 5.91. The van der Waals surface area contributed by atoms with E-state index < -0.39 is 0 Å². The molecule has 2 aliphatic rings. The van der Waals surface area contributed by atoms with Gasteiger partial charge in [-0.25, -0.2) is 4.68 Å². The molecule has 1 N–H and O–H groups in total. The summed E-state index contributed by atoms with van der Waals surface area (Å²) >= 11 is 0. The quantitative estimate of drug-likeness (QED) is 0.878. The van der Waals surface area contributed by atoms with Crippen LogP contribution in [0.4, 0.5) is 5.82 Å². The van der Waals surface area contributed by atoms with Gasteiger partial charge in [0.1, 0.15) is 5.82 Å². The molecule has 1 saturated carbocycles. The van der Waals surface area contributed by atoms with Crippen LogP contribution in [0.1, 0.15) is 56.3 Å². The molecule has 4 rings (SSSR count). The van der Waals surface area contributed by atoms with Crippen molar-refractivity contribution in [3.8, 4) is 0 Å². The first-order chi connectivity index (χ1) is 13.0. The zero-order valence-electron chi connectivity index (χ0n) is 15.6. The first-order valence-electron chi connectivity index (χ1n) is 9.44. The maximum absolute atomic E-state index is 12.8. The molecule has 2 unspecified atom stereocenters. The number of hydrogen-bond acceptors (Lipinski definition) is 3. The van der Waals surface area contributed by atoms with Crippen molar-refractivity contribution in [2.45, 2.75) is 45.2 Å². The van der Waals surface area contributed by atoms with Gasteiger partial charge in [0.05, 0.1) is 24.7 Å². The van der Waals surface area contributed by atoms with Gasteiger partial charge >= 0.3 is 0 Å². The summed E-state index contributed by atoms with van der Waals surface area (Å²) < 4.78 is 1.90. The Hall–Kier alpha value is -2.89. The van der Waals surface area contributed by atoms with E-state index in [1.807, 2.05) is 41.1 Å². The molecule has 0 bridgehead atoms. The molecule has 2 atom stereocenters. The highest BCUT2D eigenvalue weighted by Crippen LogP contribution is 2.40. The zero-order valence-corrected chi connectivity index (χ0v) is 15.6. The highest BCUT2D eigenvalue weighted by atomic mass is 16.2. The van der Waals surface area contributed by atoms with Crippen LogP contribution in [0.15, 0.2) is 42.7 Å². The van der Waals surface area contributed by atoms with Gasteiger partial charge in [-0.15, -0.1) is 0 Å². The Kier molecular flexibility index (Phi) is 4.56. The zero-order chi connectivity index (χ0) is 19.0. The van der Waals surface area contributed by atoms with E-state index in [0.717, 1.165) is 11.1 Å². The van der Waals surface area contributed by atoms with E-state index in [1.165, 1.54) is 19.8 Å². The lowest BCUT2D eigenvalue weighted by molar-refractivity contribution is -0.129. The Morgan fingerprint density at radius 1 is 1.26 bits per heavy atom. The van der Waals surface area contributed by atoms with Crippen LogP contribution >= 0.6 is 0 Å². The number of hydrogen-bond donors (Lipinski definition) is 1. The van der Waals surface area contributed by atoms with Gasteiger partial charge in [-0.1, -0.05) is 24.3 Å². The minimum Gasteiger partial charge on any atom is -0.311 e. The Balaban J connectivity index is 1.52. The predicted octanol–water partition coefficient (Wildman–Crippen LogP) is 3.76. The second-order valence-corrected chi connectivity index (χ2v) is 7.38. The molecule has 1 aliphatic carbocycles. The number of carbonyl (C=O) groups is 2. The molecular formula is C21H24N4O2. The Morgan fingerprint density at radius 2 is 2.04 bits per heavy atom. The van der Waals surface area contributed by atoms with Crippen molar-refractivity contribution in [1.29, 1.82) is 0 Å². The summed E-state index contributed by atoms with van der Waals surface area (Å²) in [5, 5.41) is 7.37. The van der Waals surface area contributed by atoms with E-state index in [2.05, 4.69) is 17.3 Å². The molecule has 140 valence electrons. The number of rotatable bonds is 5. The van der Waals surface area contributed by atoms with E-state index in [4.69, 9.17) is 0 Å². The normalized spacial score (nSPS) is 19.5. The average Bonchev–Trinajstić information content (AvgIpc) is 3.41. The molecule has 2 heterocycles. The summed E-state index contributed by atoms with van der Waals surface area (Å²) in [6.45, 7) is 3.66. The molecule has 0 radical (unpaired) electrons. The molecule has 6 nitrogen and oxygen atoms in total. The molecule has 6 heteroatoms. The molecule has 1 aromatic heterocycles. The molecule has 0 spiro atoms. The van der Waals surface area contributed by atoms with E-state index in [0.29, 0.717) is 11.7 Å². The molecule has 1 aromatic carbocycles. The summed E-state index contributed by atoms with van der Waals surface area (Å²) in [5.41, 5.74) is 2.03. The second kappa shape index (κ2) is 7.02. The first-order valence-corrected chi connectivity index (χ1v) is 9.44. The van der Waals surface area contributed by atoms with Gasteiger partial charge in [0.15, 0.2) is 0 Å². The molecular weight excluding hydrogens is 340 g/mol. The molecule has 2 aromatic rings. The number of anilines is 1. The van der Waals surface area contributed by atoms with Crippen molar-refractivity contribution in [3.05, 3.63) is 53.9 Å². The van der Waals surface area contributed by atoms with Crippen LogP contribution in [0.5, 0.6) is 0 Å². The first kappa shape index (κ1) is 17.5. The van der Waals surface area contributed by atoms with Crippen molar-refractivity contribution in [1.82, 2.24) is 14.7 Å². The third-order valence-corrected chi connectivity index (χ3v) is 5.48. The Bertz CT molecular complexity index is 897. The number of aromatic nitrogens is 2. The minimum atomic E-state index is -0.305. The molecule has 1 fully saturated rings. The fourth-order valence-electron chi connectivity index (χ4n) is 3.80. The lowest BCUT2D eigenvalue weighted by Gasteiger charge is -2.32. The Labute approximate surface area is 158 Å². The van der Waals surface area contributed by atoms with Crippen LogP contribution in [0.2, 0.25) is 0 Å². The van der Waals surface area contributed by atoms with Gasteiger partial charge in [-0.2, -0.15) is 5.10 Å². The van der Waals surface area contributed by atoms with Crippen molar-refractivity contribution < 1.29 is 9.59 Å². The number of nitrogens with zero attached hydrogens (tertiary/aromatic N) is 3. The van der Waals surface area contributed by atoms with Crippen molar-refractivity contribution in [3.63, 3.8) is 0 Å². The Morgan fingerprint density at radius 3 is 2.78 bits per heavy atom. The average molecular weight is 364 g/mol. The fraction of sp³-hybridized carbons (Fsp3) is 0.381. The summed E-state index contributed by atoms with van der Waals surface area (Å²) in [7, 11) is 0. The lowest BCUT2D eigenvalue weighted by Crippen LogP contribution is -2.33. The topological polar surface area (TPSA) is 67.2 Å². The standard InChI is InChI=1S/C21H24N4O2/c1-14(16-7-8-16)25-20(9-11-22-25)23-21(27)13-19-18-6-4-3-5-17(18)10-12-24(19)15(2)26/h3-6,9-12,14,16,19H,7-8,13H2,1-2H3,(H,23,27). The van der Waals surface area contributed by atoms with Crippen LogP contribution < -0.4 is 5.32 Å². The van der Waals surface area contributed by atoms with Gasteiger partial charge < -0.3 is 10.2 Å². The lowest BCUT2D eigenvalue weighted by atomic mass is 9.93. The number of carbonyl (C=O) groups excluding carboxylic acids is 2. The summed E-state index contributed by atoms with van der Waals surface area (Å²) in [6.07, 6.45) is 8.03. The van der Waals surface area contributed by atoms with Gasteiger partial charge in [0.2, 0.25) is 11.8 Å². The summed E-state index contributed by atoms with van der Waals surface area (Å²) in [4.78, 5) is 26.5. The van der Waals surface area contributed by atoms with E-state index in [9.17, 15) is 9.59 Å². The van der Waals surface area contributed by atoms with Crippen LogP contribution in [0.25, 0.3) is 6.08 Å². The number of fused-ring (bicyclic) bond motifs is 1. The van der Waals surface area contributed by atoms with Crippen molar-refractivity contribution in [2.24, 2.45) is 5.92 Å². The van der Waals surface area contributed by atoms with Crippen LogP contribution in [0.3, 0.4) is 0 Å². The van der Waals surface area contributed by atoms with Crippen LogP contribution in [-0.2, 0) is 9.59 Å². The largest absolute Gasteiger partial charge is 0.311 e. The highest BCUT2D eigenvalue weighted by Gasteiger charge is 2.32. The van der Waals surface area contributed by atoms with Gasteiger partial charge in [-0.05, 0) is 42.9 Å². The third kappa shape index (κ3) is 3.52. The molecule has 2 amide bonds. The van der Waals surface area contributed by atoms with Crippen molar-refractivity contribution in [2.75, 3.05) is 5.32 Å². The van der Waals surface area contributed by atoms with E-state index in [1.54, 1.807) is 17.3 Å². The molecule has 27 heavy (non-hydrogen) atoms. The molecule has 0 saturated heterocycles. The van der Waals surface area contributed by atoms with E-state index in [-0.39, 0.29) is 30.3 Å². The van der Waals surface area contributed by atoms with Gasteiger partial charge in [-0.3, -0.25) is 9.59 Å². The number of benzene rings is 1. The summed E-state index contributed by atoms with van der Waals surface area (Å²) in [6, 6.07) is 9.68. The third-order valence-electron chi connectivity index (χ3n) is 5.48. The summed E-state index contributed by atoms with van der Waals surface area (Å²) in [5.74, 6) is 1.16. The number of amides is 2. The van der Waals surface area contributed by atoms with Crippen LogP contribution in [-0.4, -0.2) is 26.5 Å².